The Hall–Kier alpha value is -3.38. The highest BCUT2D eigenvalue weighted by Gasteiger charge is 2.40. The number of methoxy groups -OCH3 is 1. The summed E-state index contributed by atoms with van der Waals surface area (Å²) in [6.45, 7) is 1.94. The first kappa shape index (κ1) is 26.7. The molecule has 2 amide bonds. The number of imide groups is 1. The van der Waals surface area contributed by atoms with E-state index in [4.69, 9.17) is 4.74 Å². The minimum absolute atomic E-state index is 0.146. The highest BCUT2D eigenvalue weighted by Crippen LogP contribution is 2.38. The number of anilines is 1. The minimum Gasteiger partial charge on any atom is -0.495 e. The molecule has 1 heterocycles. The third-order valence-electron chi connectivity index (χ3n) is 6.67. The van der Waals surface area contributed by atoms with Gasteiger partial charge in [0.2, 0.25) is 0 Å². The van der Waals surface area contributed by atoms with Crippen LogP contribution >= 0.6 is 11.8 Å². The summed E-state index contributed by atoms with van der Waals surface area (Å²) in [5.74, 6) is -0.136. The number of hydrogen-bond acceptors (Lipinski definition) is 8. The monoisotopic (exact) mass is 545 g/mol. The van der Waals surface area contributed by atoms with Crippen LogP contribution in [0.1, 0.15) is 44.6 Å². The number of nitro benzene ring substituents is 1. The van der Waals surface area contributed by atoms with Crippen LogP contribution < -0.4 is 9.46 Å². The predicted octanol–water partition coefficient (Wildman–Crippen LogP) is 5.41. The zero-order valence-electron chi connectivity index (χ0n) is 20.4. The highest BCUT2D eigenvalue weighted by atomic mass is 32.2. The molecule has 1 N–H and O–H groups in total. The standard InChI is InChI=1S/C25H27N3O7S2/c1-16(18-6-4-3-5-7-18)27-24(29)22(36-25(27)30)14-17-8-10-19(11-9-17)26-37(33,34)23-13-12-20(28(31)32)15-21(23)35-2/h8-16,18,26H,3-7H2,1-2H3. The van der Waals surface area contributed by atoms with Crippen LogP contribution in [0.15, 0.2) is 52.3 Å². The fourth-order valence-electron chi connectivity index (χ4n) is 4.66. The van der Waals surface area contributed by atoms with Crippen LogP contribution in [-0.2, 0) is 14.8 Å². The lowest BCUT2D eigenvalue weighted by Crippen LogP contribution is -2.42. The number of ether oxygens (including phenoxy) is 1. The van der Waals surface area contributed by atoms with Crippen LogP contribution in [0.5, 0.6) is 5.75 Å². The third-order valence-corrected chi connectivity index (χ3v) is 8.98. The van der Waals surface area contributed by atoms with E-state index in [1.54, 1.807) is 18.2 Å². The van der Waals surface area contributed by atoms with Gasteiger partial charge in [0.15, 0.2) is 0 Å². The van der Waals surface area contributed by atoms with E-state index in [0.29, 0.717) is 16.4 Å². The predicted molar refractivity (Wildman–Crippen MR) is 141 cm³/mol. The number of nitrogens with one attached hydrogen (secondary N) is 1. The fraction of sp³-hybridized carbons (Fsp3) is 0.360. The number of benzene rings is 2. The second-order valence-corrected chi connectivity index (χ2v) is 11.7. The molecule has 1 atom stereocenters. The largest absolute Gasteiger partial charge is 0.495 e. The van der Waals surface area contributed by atoms with Crippen molar-refractivity contribution in [3.8, 4) is 5.75 Å². The van der Waals surface area contributed by atoms with E-state index in [0.717, 1.165) is 55.6 Å². The Morgan fingerprint density at radius 1 is 1.14 bits per heavy atom. The summed E-state index contributed by atoms with van der Waals surface area (Å²) in [6, 6.07) is 9.39. The molecular weight excluding hydrogens is 518 g/mol. The Labute approximate surface area is 219 Å². The molecule has 1 unspecified atom stereocenters. The molecule has 2 aromatic carbocycles. The Balaban J connectivity index is 1.48. The molecule has 0 spiro atoms. The molecule has 1 aliphatic carbocycles. The maximum atomic E-state index is 13.0. The first-order valence-corrected chi connectivity index (χ1v) is 14.1. The maximum absolute atomic E-state index is 13.0. The summed E-state index contributed by atoms with van der Waals surface area (Å²) in [5.41, 5.74) is 0.584. The van der Waals surface area contributed by atoms with Gasteiger partial charge in [0.1, 0.15) is 10.6 Å². The van der Waals surface area contributed by atoms with Crippen LogP contribution in [0.2, 0.25) is 0 Å². The first-order valence-electron chi connectivity index (χ1n) is 11.8. The highest BCUT2D eigenvalue weighted by molar-refractivity contribution is 8.18. The second kappa shape index (κ2) is 10.9. The van der Waals surface area contributed by atoms with Gasteiger partial charge < -0.3 is 4.74 Å². The van der Waals surface area contributed by atoms with E-state index in [9.17, 15) is 28.1 Å². The summed E-state index contributed by atoms with van der Waals surface area (Å²) in [5, 5.41) is 10.7. The molecule has 10 nitrogen and oxygen atoms in total. The van der Waals surface area contributed by atoms with Crippen molar-refractivity contribution in [2.75, 3.05) is 11.8 Å². The molecule has 1 aliphatic heterocycles. The van der Waals surface area contributed by atoms with Gasteiger partial charge in [-0.2, -0.15) is 0 Å². The lowest BCUT2D eigenvalue weighted by Gasteiger charge is -2.32. The van der Waals surface area contributed by atoms with Crippen LogP contribution in [-0.4, -0.2) is 42.5 Å². The maximum Gasteiger partial charge on any atom is 0.293 e. The van der Waals surface area contributed by atoms with Crippen molar-refractivity contribution < 1.29 is 27.7 Å². The van der Waals surface area contributed by atoms with Gasteiger partial charge in [-0.3, -0.25) is 29.3 Å². The molecule has 0 aromatic heterocycles. The molecule has 1 saturated heterocycles. The molecule has 196 valence electrons. The number of carbonyl (C=O) groups is 2. The van der Waals surface area contributed by atoms with Crippen molar-refractivity contribution in [3.05, 3.63) is 63.0 Å². The number of nitrogens with zero attached hydrogens (tertiary/aromatic N) is 2. The topological polar surface area (TPSA) is 136 Å². The van der Waals surface area contributed by atoms with E-state index < -0.39 is 14.9 Å². The van der Waals surface area contributed by atoms with E-state index in [1.807, 2.05) is 6.92 Å². The normalized spacial score (nSPS) is 18.8. The van der Waals surface area contributed by atoms with Gasteiger partial charge in [0.25, 0.3) is 26.9 Å². The molecular formula is C25H27N3O7S2. The number of amides is 2. The smallest absolute Gasteiger partial charge is 0.293 e. The van der Waals surface area contributed by atoms with Gasteiger partial charge in [-0.15, -0.1) is 0 Å². The number of nitro groups is 1. The van der Waals surface area contributed by atoms with Crippen LogP contribution in [0.25, 0.3) is 6.08 Å². The van der Waals surface area contributed by atoms with Crippen molar-refractivity contribution in [2.24, 2.45) is 5.92 Å². The third kappa shape index (κ3) is 5.80. The first-order chi connectivity index (χ1) is 17.6. The number of non-ortho nitro benzene ring substituents is 1. The molecule has 12 heteroatoms. The lowest BCUT2D eigenvalue weighted by molar-refractivity contribution is -0.385. The number of carbonyl (C=O) groups excluding carboxylic acids is 2. The van der Waals surface area contributed by atoms with Gasteiger partial charge >= 0.3 is 0 Å². The number of rotatable bonds is 8. The summed E-state index contributed by atoms with van der Waals surface area (Å²) < 4.78 is 33.2. The number of sulfonamides is 1. The van der Waals surface area contributed by atoms with Crippen molar-refractivity contribution in [1.82, 2.24) is 4.90 Å². The van der Waals surface area contributed by atoms with Crippen molar-refractivity contribution >= 4 is 50.4 Å². The average molecular weight is 546 g/mol. The zero-order chi connectivity index (χ0) is 26.7. The SMILES string of the molecule is COc1cc([N+](=O)[O-])ccc1S(=O)(=O)Nc1ccc(C=C2SC(=O)N(C(C)C3CCCCC3)C2=O)cc1. The number of hydrogen-bond donors (Lipinski definition) is 1. The molecule has 0 radical (unpaired) electrons. The fourth-order valence-corrected chi connectivity index (χ4v) is 6.79. The molecule has 1 saturated carbocycles. The van der Waals surface area contributed by atoms with Crippen molar-refractivity contribution in [2.45, 2.75) is 50.0 Å². The van der Waals surface area contributed by atoms with E-state index in [1.165, 1.54) is 30.6 Å². The second-order valence-electron chi connectivity index (χ2n) is 9.01. The van der Waals surface area contributed by atoms with Gasteiger partial charge in [-0.05, 0) is 67.3 Å². The quantitative estimate of drug-likeness (QED) is 0.264. The Morgan fingerprint density at radius 2 is 1.81 bits per heavy atom. The molecule has 2 aromatic rings. The van der Waals surface area contributed by atoms with Crippen LogP contribution in [0.4, 0.5) is 16.2 Å². The minimum atomic E-state index is -4.10. The summed E-state index contributed by atoms with van der Waals surface area (Å²) in [6.07, 6.45) is 7.09. The van der Waals surface area contributed by atoms with E-state index in [-0.39, 0.29) is 39.2 Å². The Morgan fingerprint density at radius 3 is 2.43 bits per heavy atom. The van der Waals surface area contributed by atoms with Gasteiger partial charge in [0.05, 0.1) is 23.0 Å². The van der Waals surface area contributed by atoms with Gasteiger partial charge in [-0.1, -0.05) is 31.4 Å². The Bertz CT molecular complexity index is 1350. The van der Waals surface area contributed by atoms with Crippen LogP contribution in [0.3, 0.4) is 0 Å². The van der Waals surface area contributed by atoms with E-state index >= 15 is 0 Å². The summed E-state index contributed by atoms with van der Waals surface area (Å²) >= 11 is 0.913. The zero-order valence-corrected chi connectivity index (χ0v) is 22.0. The molecule has 2 fully saturated rings. The summed E-state index contributed by atoms with van der Waals surface area (Å²) in [4.78, 5) is 37.4. The summed E-state index contributed by atoms with van der Waals surface area (Å²) in [7, 11) is -2.87. The molecule has 4 rings (SSSR count). The average Bonchev–Trinajstić information content (AvgIpc) is 3.16. The molecule has 0 bridgehead atoms. The lowest BCUT2D eigenvalue weighted by atomic mass is 9.84. The van der Waals surface area contributed by atoms with Crippen molar-refractivity contribution in [3.63, 3.8) is 0 Å². The molecule has 2 aliphatic rings. The Kier molecular flexibility index (Phi) is 7.88. The number of thioether (sulfide) groups is 1. The van der Waals surface area contributed by atoms with E-state index in [2.05, 4.69) is 4.72 Å². The van der Waals surface area contributed by atoms with Gasteiger partial charge in [0, 0.05) is 17.8 Å². The van der Waals surface area contributed by atoms with Crippen LogP contribution in [0, 0.1) is 16.0 Å². The molecule has 37 heavy (non-hydrogen) atoms. The van der Waals surface area contributed by atoms with Gasteiger partial charge in [-0.25, -0.2) is 8.42 Å². The van der Waals surface area contributed by atoms with Crippen molar-refractivity contribution in [1.29, 1.82) is 0 Å².